The van der Waals surface area contributed by atoms with Crippen LogP contribution in [0.15, 0.2) is 53.5 Å². The monoisotopic (exact) mass is 1410 g/mol. The molecular formula is C62H86N14O20S2. The van der Waals surface area contributed by atoms with Crippen LogP contribution >= 0.6 is 21.6 Å². The van der Waals surface area contributed by atoms with E-state index in [-0.39, 0.29) is 50.5 Å². The highest BCUT2D eigenvalue weighted by atomic mass is 33.1. The first-order valence-corrected chi connectivity index (χ1v) is 34.0. The summed E-state index contributed by atoms with van der Waals surface area (Å²) >= 11 is 0. The quantitative estimate of drug-likeness (QED) is 0.00575. The molecule has 0 radical (unpaired) electrons. The van der Waals surface area contributed by atoms with Crippen molar-refractivity contribution in [2.45, 2.75) is 136 Å². The number of carbonyl (C=O) groups is 11. The number of nitrogens with zero attached hydrogens (tertiary/aromatic N) is 3. The van der Waals surface area contributed by atoms with Gasteiger partial charge in [0.2, 0.25) is 23.6 Å². The number of H-pyrrole nitrogens is 1. The summed E-state index contributed by atoms with van der Waals surface area (Å²) in [5, 5.41) is 77.4. The van der Waals surface area contributed by atoms with Gasteiger partial charge in [0.15, 0.2) is 11.6 Å². The number of esters is 1. The van der Waals surface area contributed by atoms with Gasteiger partial charge in [-0.25, -0.2) is 15.0 Å². The number of aliphatic imine (C=N–C) groups is 1. The molecule has 1 spiro atoms. The lowest BCUT2D eigenvalue weighted by Crippen LogP contribution is -2.82. The van der Waals surface area contributed by atoms with E-state index in [1.165, 1.54) is 14.2 Å². The molecule has 1 saturated heterocycles. The van der Waals surface area contributed by atoms with Gasteiger partial charge in [-0.2, -0.15) is 0 Å². The van der Waals surface area contributed by atoms with Crippen molar-refractivity contribution < 1.29 is 97.6 Å². The molecule has 12 atom stereocenters. The number of hydrogen-bond acceptors (Lipinski definition) is 23. The van der Waals surface area contributed by atoms with Crippen LogP contribution < -0.4 is 64.3 Å². The summed E-state index contributed by atoms with van der Waals surface area (Å²) in [7, 11) is 8.19. The average molecular weight is 1410 g/mol. The van der Waals surface area contributed by atoms with E-state index in [9.17, 15) is 73.5 Å². The molecule has 3 aliphatic heterocycles. The first-order chi connectivity index (χ1) is 46.5. The number of hydrazine groups is 1. The Kier molecular flexibility index (Phi) is 25.4. The fourth-order valence-electron chi connectivity index (χ4n) is 14.4. The van der Waals surface area contributed by atoms with Gasteiger partial charge in [-0.05, 0) is 81.9 Å². The molecule has 2 fully saturated rings. The topological polar surface area (TPSA) is 534 Å². The molecule has 7 rings (SSSR count). The third-order valence-corrected chi connectivity index (χ3v) is 21.0. The van der Waals surface area contributed by atoms with E-state index in [0.29, 0.717) is 60.7 Å². The number of amides is 6. The van der Waals surface area contributed by atoms with Crippen LogP contribution in [0.2, 0.25) is 0 Å². The van der Waals surface area contributed by atoms with Crippen molar-refractivity contribution in [2.24, 2.45) is 27.6 Å². The molecule has 2 unspecified atom stereocenters. The number of nitrogens with two attached hydrogens (primary N) is 3. The van der Waals surface area contributed by atoms with Gasteiger partial charge in [0.1, 0.15) is 48.0 Å². The number of likely N-dealkylation sites (N-methyl/N-ethyl adjacent to an activating group) is 2. The van der Waals surface area contributed by atoms with E-state index in [2.05, 4.69) is 47.0 Å². The highest BCUT2D eigenvalue weighted by Crippen LogP contribution is 2.67. The third kappa shape index (κ3) is 15.5. The predicted octanol–water partition coefficient (Wildman–Crippen LogP) is -2.02. The van der Waals surface area contributed by atoms with Gasteiger partial charge in [0.25, 0.3) is 5.91 Å². The predicted molar refractivity (Wildman–Crippen MR) is 356 cm³/mol. The number of para-hydroxylation sites is 1. The molecule has 34 nitrogen and oxygen atoms in total. The number of anilines is 1. The molecule has 1 saturated carbocycles. The Hall–Kier alpha value is -8.94. The van der Waals surface area contributed by atoms with Crippen LogP contribution in [0.4, 0.5) is 10.5 Å². The number of carboxylic acid groups (broad SMARTS) is 4. The lowest BCUT2D eigenvalue weighted by atomic mass is 9.47. The first-order valence-electron chi connectivity index (χ1n) is 31.5. The van der Waals surface area contributed by atoms with Crippen LogP contribution in [0, 0.1) is 5.41 Å². The van der Waals surface area contributed by atoms with E-state index in [0.717, 1.165) is 38.1 Å². The number of ether oxygens (including phenoxy) is 3. The summed E-state index contributed by atoms with van der Waals surface area (Å²) in [6.45, 7) is 4.90. The Bertz CT molecular complexity index is 3590. The highest BCUT2D eigenvalue weighted by molar-refractivity contribution is 8.76. The molecule has 4 aliphatic rings. The van der Waals surface area contributed by atoms with Crippen molar-refractivity contribution in [2.75, 3.05) is 77.5 Å². The zero-order valence-electron chi connectivity index (χ0n) is 54.8. The van der Waals surface area contributed by atoms with E-state index in [4.69, 9.17) is 36.5 Å². The number of aromatic amines is 1. The number of carbonyl (C=O) groups excluding carboxylic acids is 7. The zero-order valence-corrected chi connectivity index (χ0v) is 56.5. The lowest BCUT2D eigenvalue weighted by Gasteiger charge is -2.63. The second-order valence-corrected chi connectivity index (χ2v) is 26.9. The molecule has 98 heavy (non-hydrogen) atoms. The van der Waals surface area contributed by atoms with Crippen molar-refractivity contribution in [3.8, 4) is 5.75 Å². The van der Waals surface area contributed by atoms with Crippen molar-refractivity contribution in [1.29, 1.82) is 0 Å². The zero-order chi connectivity index (χ0) is 72.2. The number of methoxy groups -OCH3 is 2. The Morgan fingerprint density at radius 3 is 2.06 bits per heavy atom. The normalized spacial score (nSPS) is 22.5. The summed E-state index contributed by atoms with van der Waals surface area (Å²) in [5.74, 6) is -13.7. The summed E-state index contributed by atoms with van der Waals surface area (Å²) in [6, 6.07) is 0.669. The summed E-state index contributed by atoms with van der Waals surface area (Å²) in [5.41, 5.74) is 18.3. The number of benzene rings is 2. The van der Waals surface area contributed by atoms with Gasteiger partial charge in [-0.15, -0.1) is 0 Å². The molecule has 4 heterocycles. The second kappa shape index (κ2) is 32.6. The fourth-order valence-corrected chi connectivity index (χ4v) is 16.4. The van der Waals surface area contributed by atoms with Gasteiger partial charge < -0.3 is 98.5 Å². The summed E-state index contributed by atoms with van der Waals surface area (Å²) < 4.78 is 17.3. The smallest absolute Gasteiger partial charge is 0.426 e. The van der Waals surface area contributed by atoms with Crippen molar-refractivity contribution in [1.82, 2.24) is 47.3 Å². The minimum atomic E-state index is -2.69. The first kappa shape index (κ1) is 76.4. The number of fused-ring (bicyclic) bond motifs is 2. The SMILES string of the molecule is CCC(C(=O)OC)(c1cc2c(cc1OC)N(C)[C@@H]1[C@@](O)(C(=O)NNC(=O)OCCSSC[C@H](NC(=O)[C@H](CC(=O)O)NC(=O)[C@H](CC(=O)O)NC(=O)[C@H](CCCN=C(N)N)NC(=O)[C@@H](N)CC(=O)O)C(=O)O)[C@@H](O)[C@@]3(CC)C=CCN4CC[C@@]21C43)c1[nH]c2ccccc2c1CCNC. The van der Waals surface area contributed by atoms with Crippen LogP contribution in [0.25, 0.3) is 10.9 Å². The van der Waals surface area contributed by atoms with Gasteiger partial charge in [-0.3, -0.25) is 58.5 Å². The number of aliphatic hydroxyl groups is 2. The lowest BCUT2D eigenvalue weighted by molar-refractivity contribution is -0.204. The molecule has 2 aromatic carbocycles. The molecule has 0 bridgehead atoms. The molecule has 6 amide bonds. The van der Waals surface area contributed by atoms with E-state index in [1.54, 1.807) is 18.0 Å². The molecule has 1 aromatic heterocycles. The number of aliphatic hydroxyl groups excluding tert-OH is 1. The maximum Gasteiger partial charge on any atom is 0.426 e. The van der Waals surface area contributed by atoms with Gasteiger partial charge >= 0.3 is 35.9 Å². The Labute approximate surface area is 570 Å². The number of aliphatic carboxylic acids is 4. The largest absolute Gasteiger partial charge is 0.496 e. The molecule has 36 heteroatoms. The maximum absolute atomic E-state index is 15.0. The fraction of sp³-hybridized carbons (Fsp3) is 0.548. The van der Waals surface area contributed by atoms with Crippen LogP contribution in [-0.4, -0.2) is 239 Å². The van der Waals surface area contributed by atoms with E-state index in [1.807, 2.05) is 68.7 Å². The molecule has 536 valence electrons. The molecular weight excluding hydrogens is 1320 g/mol. The van der Waals surface area contributed by atoms with Crippen LogP contribution in [0.3, 0.4) is 0 Å². The molecule has 3 aromatic rings. The second-order valence-electron chi connectivity index (χ2n) is 24.2. The Balaban J connectivity index is 1.02. The van der Waals surface area contributed by atoms with Crippen molar-refractivity contribution >= 4 is 110 Å². The Morgan fingerprint density at radius 1 is 0.837 bits per heavy atom. The van der Waals surface area contributed by atoms with Gasteiger partial charge in [-0.1, -0.05) is 65.8 Å². The number of aromatic nitrogens is 1. The number of rotatable bonds is 35. The summed E-state index contributed by atoms with van der Waals surface area (Å²) in [6.07, 6.45) is -1.26. The average Bonchev–Trinajstić information content (AvgIpc) is 1.46. The number of hydrogen-bond donors (Lipinski definition) is 17. The third-order valence-electron chi connectivity index (χ3n) is 18.7. The van der Waals surface area contributed by atoms with Crippen LogP contribution in [0.5, 0.6) is 5.75 Å². The number of carboxylic acids is 4. The van der Waals surface area contributed by atoms with Gasteiger partial charge in [0.05, 0.1) is 45.6 Å². The van der Waals surface area contributed by atoms with Gasteiger partial charge in [0, 0.05) is 82.4 Å². The molecule has 1 aliphatic carbocycles. The van der Waals surface area contributed by atoms with E-state index >= 15 is 4.79 Å². The van der Waals surface area contributed by atoms with Crippen molar-refractivity contribution in [3.63, 3.8) is 0 Å². The van der Waals surface area contributed by atoms with Crippen molar-refractivity contribution in [3.05, 3.63) is 70.9 Å². The highest BCUT2D eigenvalue weighted by Gasteiger charge is 2.79. The minimum Gasteiger partial charge on any atom is -0.496 e. The van der Waals surface area contributed by atoms with Crippen LogP contribution in [0.1, 0.15) is 87.6 Å². The van der Waals surface area contributed by atoms with E-state index < -0.39 is 161 Å². The number of nitrogens with one attached hydrogen (secondary N) is 8. The summed E-state index contributed by atoms with van der Waals surface area (Å²) in [4.78, 5) is 155. The van der Waals surface area contributed by atoms with Crippen LogP contribution in [-0.2, 0) is 74.7 Å². The maximum atomic E-state index is 15.0. The number of guanidine groups is 1. The molecule has 20 N–H and O–H groups in total. The minimum absolute atomic E-state index is 0.000195. The standard InChI is InChI=1S/C62H86N14O20S2/c1-7-59-17-12-21-76-22-18-61(52(59)76)33-25-34(60(8-2,56(91)95-6)46-32(16-20-66-3)31-13-9-10-14-36(31)68-46)42(94-5)29-41(33)75(4)53(61)62(93,54(59)89)55(90)73-74-58(92)96-23-24-97-98-30-40(51(87)88)72-50(86)39(28-45(81)82)71-49(85)38(27-44(79)80)70-48(84)37(15-11-19-67-57(64)65)69-47(83)35(63)26-43(77)78/h9-10,12-14,17,25,29,35,37-40,52-54,66,68,89,93H,7-8,11,15-16,18-24,26-28,30,63H2,1-6H3,(H,69,83)(H,70,84)(H,71,85)(H,72,86)(H,73,90)(H,74,92)(H,77,78)(H,79,80)(H,81,82)(H,87,88)(H4,64,65,67)/t35-,37-,38-,39-,40-,52?,53-,54-,59-,60?,61-,62-/m0/s1. The Morgan fingerprint density at radius 2 is 1.47 bits per heavy atom.